The zero-order valence-corrected chi connectivity index (χ0v) is 12.3. The predicted octanol–water partition coefficient (Wildman–Crippen LogP) is 2.75. The van der Waals surface area contributed by atoms with Gasteiger partial charge in [0.15, 0.2) is 11.5 Å². The number of rotatable bonds is 6. The summed E-state index contributed by atoms with van der Waals surface area (Å²) < 4.78 is 10.9. The molecule has 1 aliphatic heterocycles. The smallest absolute Gasteiger partial charge is 0.231 e. The number of nitrogens with one attached hydrogen (secondary N) is 1. The topological polar surface area (TPSA) is 69.4 Å². The summed E-state index contributed by atoms with van der Waals surface area (Å²) in [5.74, 6) is 3.05. The Balaban J connectivity index is 1.73. The third-order valence-corrected chi connectivity index (χ3v) is 3.83. The number of anilines is 1. The summed E-state index contributed by atoms with van der Waals surface area (Å²) in [5.41, 5.74) is 5.63. The number of ether oxygens (including phenoxy) is 2. The number of hydrogen-bond donors (Lipinski definition) is 2. The lowest BCUT2D eigenvalue weighted by molar-refractivity contribution is 0.174. The van der Waals surface area contributed by atoms with Crippen LogP contribution in [0.5, 0.6) is 11.5 Å². The highest BCUT2D eigenvalue weighted by Crippen LogP contribution is 2.37. The summed E-state index contributed by atoms with van der Waals surface area (Å²) in [6.07, 6.45) is 4.02. The van der Waals surface area contributed by atoms with Crippen molar-refractivity contribution in [1.82, 2.24) is 4.98 Å². The number of nitrogens with zero attached hydrogens (tertiary/aromatic N) is 1. The summed E-state index contributed by atoms with van der Waals surface area (Å²) in [6, 6.07) is 5.98. The first-order chi connectivity index (χ1) is 10.3. The molecule has 1 aliphatic rings. The van der Waals surface area contributed by atoms with Crippen molar-refractivity contribution in [2.75, 3.05) is 25.2 Å². The first-order valence-corrected chi connectivity index (χ1v) is 7.40. The summed E-state index contributed by atoms with van der Waals surface area (Å²) in [5, 5.41) is 5.58. The van der Waals surface area contributed by atoms with Crippen LogP contribution in [0.4, 0.5) is 5.82 Å². The second kappa shape index (κ2) is 6.18. The van der Waals surface area contributed by atoms with E-state index in [0.717, 1.165) is 54.0 Å². The Morgan fingerprint density at radius 2 is 2.14 bits per heavy atom. The first-order valence-electron chi connectivity index (χ1n) is 7.40. The minimum absolute atomic E-state index is 0.290. The highest BCUT2D eigenvalue weighted by atomic mass is 16.7. The molecule has 0 amide bonds. The summed E-state index contributed by atoms with van der Waals surface area (Å²) in [7, 11) is 0. The Morgan fingerprint density at radius 3 is 2.95 bits per heavy atom. The lowest BCUT2D eigenvalue weighted by Gasteiger charge is -2.11. The molecule has 0 saturated carbocycles. The van der Waals surface area contributed by atoms with Crippen molar-refractivity contribution in [3.63, 3.8) is 0 Å². The second-order valence-electron chi connectivity index (χ2n) is 5.50. The van der Waals surface area contributed by atoms with Gasteiger partial charge in [0.2, 0.25) is 6.79 Å². The largest absolute Gasteiger partial charge is 0.454 e. The third kappa shape index (κ3) is 3.03. The van der Waals surface area contributed by atoms with E-state index in [2.05, 4.69) is 17.2 Å². The third-order valence-electron chi connectivity index (χ3n) is 3.83. The van der Waals surface area contributed by atoms with Crippen molar-refractivity contribution in [2.45, 2.75) is 19.8 Å². The Morgan fingerprint density at radius 1 is 1.33 bits per heavy atom. The van der Waals surface area contributed by atoms with Crippen LogP contribution in [0.25, 0.3) is 10.8 Å². The molecule has 1 aromatic heterocycles. The van der Waals surface area contributed by atoms with Crippen molar-refractivity contribution < 1.29 is 9.47 Å². The molecule has 0 saturated heterocycles. The van der Waals surface area contributed by atoms with Gasteiger partial charge in [0.25, 0.3) is 0 Å². The highest BCUT2D eigenvalue weighted by Gasteiger charge is 2.15. The van der Waals surface area contributed by atoms with Gasteiger partial charge in [-0.25, -0.2) is 4.98 Å². The van der Waals surface area contributed by atoms with Crippen LogP contribution in [0.2, 0.25) is 0 Å². The van der Waals surface area contributed by atoms with E-state index in [0.29, 0.717) is 12.7 Å². The molecule has 2 heterocycles. The fraction of sp³-hybridized carbons (Fsp3) is 0.438. The van der Waals surface area contributed by atoms with E-state index in [1.165, 1.54) is 0 Å². The van der Waals surface area contributed by atoms with Crippen molar-refractivity contribution in [3.8, 4) is 11.5 Å². The normalized spacial score (nSPS) is 14.4. The van der Waals surface area contributed by atoms with Crippen LogP contribution in [-0.2, 0) is 0 Å². The number of aromatic nitrogens is 1. The number of fused-ring (bicyclic) bond motifs is 2. The number of pyridine rings is 1. The molecule has 1 atom stereocenters. The average molecular weight is 287 g/mol. The van der Waals surface area contributed by atoms with Crippen molar-refractivity contribution in [2.24, 2.45) is 11.7 Å². The molecule has 112 valence electrons. The van der Waals surface area contributed by atoms with Gasteiger partial charge < -0.3 is 20.5 Å². The Kier molecular flexibility index (Phi) is 4.10. The Bertz CT molecular complexity index is 630. The molecule has 0 bridgehead atoms. The molecule has 0 aliphatic carbocycles. The molecule has 2 aromatic rings. The average Bonchev–Trinajstić information content (AvgIpc) is 2.96. The van der Waals surface area contributed by atoms with E-state index in [1.54, 1.807) is 0 Å². The summed E-state index contributed by atoms with van der Waals surface area (Å²) in [6.45, 7) is 4.11. The number of hydrogen-bond acceptors (Lipinski definition) is 5. The standard InChI is InChI=1S/C16H21N3O2/c1-11(9-17)3-2-5-18-16-13-8-15-14(20-10-21-15)7-12(13)4-6-19-16/h4,6-8,11H,2-3,5,9-10,17H2,1H3,(H,18,19). The fourth-order valence-electron chi connectivity index (χ4n) is 2.48. The molecular formula is C16H21N3O2. The Labute approximate surface area is 124 Å². The van der Waals surface area contributed by atoms with Crippen LogP contribution >= 0.6 is 0 Å². The lowest BCUT2D eigenvalue weighted by atomic mass is 10.1. The zero-order valence-electron chi connectivity index (χ0n) is 12.3. The van der Waals surface area contributed by atoms with Gasteiger partial charge in [-0.3, -0.25) is 0 Å². The van der Waals surface area contributed by atoms with Crippen LogP contribution in [0, 0.1) is 5.92 Å². The highest BCUT2D eigenvalue weighted by molar-refractivity contribution is 5.94. The van der Waals surface area contributed by atoms with E-state index in [9.17, 15) is 0 Å². The number of nitrogens with two attached hydrogens (primary N) is 1. The number of benzene rings is 1. The van der Waals surface area contributed by atoms with Crippen LogP contribution in [-0.4, -0.2) is 24.9 Å². The van der Waals surface area contributed by atoms with Gasteiger partial charge in [-0.2, -0.15) is 0 Å². The monoisotopic (exact) mass is 287 g/mol. The lowest BCUT2D eigenvalue weighted by Crippen LogP contribution is -2.12. The van der Waals surface area contributed by atoms with Gasteiger partial charge in [-0.05, 0) is 48.9 Å². The van der Waals surface area contributed by atoms with Gasteiger partial charge >= 0.3 is 0 Å². The maximum atomic E-state index is 5.63. The second-order valence-corrected chi connectivity index (χ2v) is 5.50. The zero-order chi connectivity index (χ0) is 14.7. The van der Waals surface area contributed by atoms with Crippen molar-refractivity contribution in [3.05, 3.63) is 24.4 Å². The molecule has 21 heavy (non-hydrogen) atoms. The van der Waals surface area contributed by atoms with Crippen molar-refractivity contribution in [1.29, 1.82) is 0 Å². The molecule has 5 nitrogen and oxygen atoms in total. The van der Waals surface area contributed by atoms with E-state index in [1.807, 2.05) is 24.4 Å². The van der Waals surface area contributed by atoms with Gasteiger partial charge in [0, 0.05) is 18.1 Å². The van der Waals surface area contributed by atoms with Gasteiger partial charge in [-0.15, -0.1) is 0 Å². The van der Waals surface area contributed by atoms with E-state index in [4.69, 9.17) is 15.2 Å². The molecule has 1 aromatic carbocycles. The van der Waals surface area contributed by atoms with Crippen LogP contribution in [0.1, 0.15) is 19.8 Å². The maximum Gasteiger partial charge on any atom is 0.231 e. The van der Waals surface area contributed by atoms with Gasteiger partial charge in [0.1, 0.15) is 5.82 Å². The van der Waals surface area contributed by atoms with E-state index in [-0.39, 0.29) is 0 Å². The fourth-order valence-corrected chi connectivity index (χ4v) is 2.48. The van der Waals surface area contributed by atoms with Crippen LogP contribution < -0.4 is 20.5 Å². The summed E-state index contributed by atoms with van der Waals surface area (Å²) >= 11 is 0. The first kappa shape index (κ1) is 13.9. The minimum atomic E-state index is 0.290. The molecular weight excluding hydrogens is 266 g/mol. The molecule has 5 heteroatoms. The van der Waals surface area contributed by atoms with Crippen molar-refractivity contribution >= 4 is 16.6 Å². The van der Waals surface area contributed by atoms with E-state index < -0.39 is 0 Å². The van der Waals surface area contributed by atoms with Gasteiger partial charge in [0.05, 0.1) is 0 Å². The molecule has 0 fully saturated rings. The van der Waals surface area contributed by atoms with Crippen LogP contribution in [0.15, 0.2) is 24.4 Å². The molecule has 3 N–H and O–H groups in total. The quantitative estimate of drug-likeness (QED) is 0.799. The SMILES string of the molecule is CC(CN)CCCNc1nccc2cc3c(cc12)OCO3. The van der Waals surface area contributed by atoms with Gasteiger partial charge in [-0.1, -0.05) is 6.92 Å². The van der Waals surface area contributed by atoms with Crippen LogP contribution in [0.3, 0.4) is 0 Å². The summed E-state index contributed by atoms with van der Waals surface area (Å²) in [4.78, 5) is 4.44. The maximum absolute atomic E-state index is 5.63. The molecule has 0 spiro atoms. The minimum Gasteiger partial charge on any atom is -0.454 e. The van der Waals surface area contributed by atoms with E-state index >= 15 is 0 Å². The molecule has 3 rings (SSSR count). The molecule has 1 unspecified atom stereocenters. The Hall–Kier alpha value is -2.01. The molecule has 0 radical (unpaired) electrons. The predicted molar refractivity (Wildman–Crippen MR) is 83.8 cm³/mol.